The largest absolute Gasteiger partial charge is 0.312 e. The van der Waals surface area contributed by atoms with Crippen LogP contribution in [0, 0.1) is 0 Å². The topological polar surface area (TPSA) is 65.5 Å². The van der Waals surface area contributed by atoms with Crippen LogP contribution in [0.15, 0.2) is 18.2 Å². The van der Waals surface area contributed by atoms with E-state index in [1.807, 2.05) is 24.0 Å². The predicted octanol–water partition coefficient (Wildman–Crippen LogP) is 3.07. The number of hydrogen-bond acceptors (Lipinski definition) is 5. The molecule has 0 fully saturated rings. The number of hydrogen-bond donors (Lipinski definition) is 1. The molecule has 0 atom stereocenters. The van der Waals surface area contributed by atoms with Crippen LogP contribution in [-0.2, 0) is 24.2 Å². The number of benzene rings is 1. The molecule has 142 valence electrons. The van der Waals surface area contributed by atoms with Gasteiger partial charge in [-0.25, -0.2) is 4.98 Å². The fourth-order valence-corrected chi connectivity index (χ4v) is 4.78. The molecule has 2 aromatic rings. The third-order valence-electron chi connectivity index (χ3n) is 5.32. The lowest BCUT2D eigenvalue weighted by molar-refractivity contribution is -0.118. The normalized spacial score (nSPS) is 16.1. The Hall–Kier alpha value is -2.25. The van der Waals surface area contributed by atoms with Crippen LogP contribution in [-0.4, -0.2) is 41.3 Å². The molecule has 1 aromatic carbocycles. The van der Waals surface area contributed by atoms with E-state index in [9.17, 15) is 9.59 Å². The zero-order chi connectivity index (χ0) is 19.0. The Morgan fingerprint density at radius 3 is 2.85 bits per heavy atom. The van der Waals surface area contributed by atoms with Crippen molar-refractivity contribution >= 4 is 34.0 Å². The van der Waals surface area contributed by atoms with E-state index in [-0.39, 0.29) is 11.8 Å². The molecule has 0 saturated heterocycles. The van der Waals surface area contributed by atoms with Gasteiger partial charge in [0.15, 0.2) is 5.13 Å². The number of amides is 2. The van der Waals surface area contributed by atoms with Crippen LogP contribution in [0.5, 0.6) is 0 Å². The number of thiazole rings is 1. The van der Waals surface area contributed by atoms with E-state index in [4.69, 9.17) is 0 Å². The summed E-state index contributed by atoms with van der Waals surface area (Å²) in [7, 11) is 0. The summed E-state index contributed by atoms with van der Waals surface area (Å²) in [6.07, 6.45) is 2.22. The monoisotopic (exact) mass is 384 g/mol. The zero-order valence-corrected chi connectivity index (χ0v) is 16.6. The SMILES string of the molecule is CCC(=O)N1CCc2cc(C(=O)Nc3nc4c(s3)CN(CC)CC4)ccc21. The average Bonchev–Trinajstić information content (AvgIpc) is 3.29. The molecular weight excluding hydrogens is 360 g/mol. The number of likely N-dealkylation sites (N-methyl/N-ethyl adjacent to an activating group) is 1. The van der Waals surface area contributed by atoms with Crippen molar-refractivity contribution in [2.24, 2.45) is 0 Å². The van der Waals surface area contributed by atoms with Gasteiger partial charge < -0.3 is 4.90 Å². The number of rotatable bonds is 4. The van der Waals surface area contributed by atoms with Crippen molar-refractivity contribution in [3.05, 3.63) is 39.9 Å². The van der Waals surface area contributed by atoms with E-state index in [0.29, 0.717) is 23.7 Å². The van der Waals surface area contributed by atoms with Gasteiger partial charge in [-0.15, -0.1) is 11.3 Å². The van der Waals surface area contributed by atoms with Crippen molar-refractivity contribution in [3.8, 4) is 0 Å². The van der Waals surface area contributed by atoms with Crippen molar-refractivity contribution in [1.29, 1.82) is 0 Å². The van der Waals surface area contributed by atoms with Gasteiger partial charge in [-0.05, 0) is 36.7 Å². The molecule has 0 unspecified atom stereocenters. The molecule has 6 nitrogen and oxygen atoms in total. The Bertz CT molecular complexity index is 892. The second kappa shape index (κ2) is 7.40. The molecule has 0 radical (unpaired) electrons. The van der Waals surface area contributed by atoms with E-state index < -0.39 is 0 Å². The van der Waals surface area contributed by atoms with Crippen LogP contribution in [0.4, 0.5) is 10.8 Å². The maximum Gasteiger partial charge on any atom is 0.257 e. The minimum absolute atomic E-state index is 0.125. The highest BCUT2D eigenvalue weighted by Gasteiger charge is 2.25. The summed E-state index contributed by atoms with van der Waals surface area (Å²) in [4.78, 5) is 34.8. The first-order valence-corrected chi connectivity index (χ1v) is 10.4. The molecule has 2 amide bonds. The number of nitrogens with one attached hydrogen (secondary N) is 1. The van der Waals surface area contributed by atoms with Crippen molar-refractivity contribution in [2.75, 3.05) is 29.9 Å². The molecule has 27 heavy (non-hydrogen) atoms. The summed E-state index contributed by atoms with van der Waals surface area (Å²) in [6, 6.07) is 5.58. The lowest BCUT2D eigenvalue weighted by atomic mass is 10.1. The standard InChI is InChI=1S/C20H24N4O2S/c1-3-18(25)24-10-7-13-11-14(5-6-16(13)24)19(26)22-20-21-15-8-9-23(4-2)12-17(15)27-20/h5-6,11H,3-4,7-10,12H2,1-2H3,(H,21,22,26). The van der Waals surface area contributed by atoms with E-state index in [1.165, 1.54) is 4.88 Å². The number of carbonyl (C=O) groups excluding carboxylic acids is 2. The number of fused-ring (bicyclic) bond motifs is 2. The van der Waals surface area contributed by atoms with Crippen molar-refractivity contribution < 1.29 is 9.59 Å². The Labute approximate surface area is 163 Å². The Kier molecular flexibility index (Phi) is 4.97. The minimum Gasteiger partial charge on any atom is -0.312 e. The van der Waals surface area contributed by atoms with E-state index in [0.717, 1.165) is 49.4 Å². The third kappa shape index (κ3) is 3.49. The quantitative estimate of drug-likeness (QED) is 0.880. The Morgan fingerprint density at radius 2 is 2.07 bits per heavy atom. The highest BCUT2D eigenvalue weighted by atomic mass is 32.1. The van der Waals surface area contributed by atoms with E-state index in [1.54, 1.807) is 17.4 Å². The molecular formula is C20H24N4O2S. The number of aromatic nitrogens is 1. The smallest absolute Gasteiger partial charge is 0.257 e. The molecule has 2 aliphatic rings. The molecule has 4 rings (SSSR count). The second-order valence-electron chi connectivity index (χ2n) is 6.95. The molecule has 1 N–H and O–H groups in total. The maximum absolute atomic E-state index is 12.7. The van der Waals surface area contributed by atoms with Crippen LogP contribution >= 0.6 is 11.3 Å². The van der Waals surface area contributed by atoms with Gasteiger partial charge in [0, 0.05) is 48.6 Å². The van der Waals surface area contributed by atoms with Crippen LogP contribution in [0.2, 0.25) is 0 Å². The summed E-state index contributed by atoms with van der Waals surface area (Å²) in [5.74, 6) is -0.0167. The van der Waals surface area contributed by atoms with Gasteiger partial charge in [0.05, 0.1) is 5.69 Å². The van der Waals surface area contributed by atoms with Gasteiger partial charge in [0.25, 0.3) is 5.91 Å². The Morgan fingerprint density at radius 1 is 1.22 bits per heavy atom. The molecule has 0 bridgehead atoms. The highest BCUT2D eigenvalue weighted by Crippen LogP contribution is 2.31. The van der Waals surface area contributed by atoms with Crippen LogP contribution < -0.4 is 10.2 Å². The summed E-state index contributed by atoms with van der Waals surface area (Å²) < 4.78 is 0. The summed E-state index contributed by atoms with van der Waals surface area (Å²) in [5, 5.41) is 3.63. The summed E-state index contributed by atoms with van der Waals surface area (Å²) >= 11 is 1.57. The lowest BCUT2D eigenvalue weighted by Crippen LogP contribution is -2.29. The van der Waals surface area contributed by atoms with Crippen LogP contribution in [0.3, 0.4) is 0 Å². The number of anilines is 2. The zero-order valence-electron chi connectivity index (χ0n) is 15.7. The third-order valence-corrected chi connectivity index (χ3v) is 6.32. The molecule has 0 saturated carbocycles. The summed E-state index contributed by atoms with van der Waals surface area (Å²) in [6.45, 7) is 7.71. The fourth-order valence-electron chi connectivity index (χ4n) is 3.73. The molecule has 3 heterocycles. The van der Waals surface area contributed by atoms with Gasteiger partial charge in [-0.2, -0.15) is 0 Å². The first-order valence-electron chi connectivity index (χ1n) is 9.54. The van der Waals surface area contributed by atoms with Crippen LogP contribution in [0.1, 0.15) is 46.8 Å². The van der Waals surface area contributed by atoms with Gasteiger partial charge >= 0.3 is 0 Å². The highest BCUT2D eigenvalue weighted by molar-refractivity contribution is 7.15. The lowest BCUT2D eigenvalue weighted by Gasteiger charge is -2.23. The molecule has 2 aliphatic heterocycles. The Balaban J connectivity index is 1.48. The maximum atomic E-state index is 12.7. The number of nitrogens with zero attached hydrogens (tertiary/aromatic N) is 3. The first kappa shape index (κ1) is 18.1. The predicted molar refractivity (Wildman–Crippen MR) is 108 cm³/mol. The molecule has 0 aliphatic carbocycles. The molecule has 0 spiro atoms. The van der Waals surface area contributed by atoms with Gasteiger partial charge in [0.2, 0.25) is 5.91 Å². The average molecular weight is 385 g/mol. The van der Waals surface area contributed by atoms with Crippen molar-refractivity contribution in [3.63, 3.8) is 0 Å². The first-order chi connectivity index (χ1) is 13.1. The summed E-state index contributed by atoms with van der Waals surface area (Å²) in [5.41, 5.74) is 3.72. The minimum atomic E-state index is -0.142. The van der Waals surface area contributed by atoms with Crippen molar-refractivity contribution in [1.82, 2.24) is 9.88 Å². The fraction of sp³-hybridized carbons (Fsp3) is 0.450. The second-order valence-corrected chi connectivity index (χ2v) is 8.04. The van der Waals surface area contributed by atoms with E-state index >= 15 is 0 Å². The van der Waals surface area contributed by atoms with Crippen LogP contribution in [0.25, 0.3) is 0 Å². The van der Waals surface area contributed by atoms with Crippen molar-refractivity contribution in [2.45, 2.75) is 39.7 Å². The van der Waals surface area contributed by atoms with Gasteiger partial charge in [-0.1, -0.05) is 13.8 Å². The van der Waals surface area contributed by atoms with Gasteiger partial charge in [0.1, 0.15) is 0 Å². The molecule has 1 aromatic heterocycles. The van der Waals surface area contributed by atoms with E-state index in [2.05, 4.69) is 22.1 Å². The van der Waals surface area contributed by atoms with Gasteiger partial charge in [-0.3, -0.25) is 19.8 Å². The number of carbonyl (C=O) groups is 2. The molecule has 7 heteroatoms.